The third kappa shape index (κ3) is 4.11. The molecule has 7 rings (SSSR count). The zero-order chi connectivity index (χ0) is 31.1. The summed E-state index contributed by atoms with van der Waals surface area (Å²) >= 11 is 9.59. The highest BCUT2D eigenvalue weighted by Crippen LogP contribution is 2.62. The number of likely N-dealkylation sites (tertiary alicyclic amines) is 1. The van der Waals surface area contributed by atoms with E-state index in [1.165, 1.54) is 24.1 Å². The van der Waals surface area contributed by atoms with Gasteiger partial charge in [0.25, 0.3) is 5.69 Å². The summed E-state index contributed by atoms with van der Waals surface area (Å²) in [5.41, 5.74) is -0.581. The van der Waals surface area contributed by atoms with Gasteiger partial charge in [-0.05, 0) is 70.6 Å². The van der Waals surface area contributed by atoms with E-state index in [-0.39, 0.29) is 39.7 Å². The van der Waals surface area contributed by atoms with Crippen molar-refractivity contribution < 1.29 is 28.4 Å². The number of nitro groups is 1. The van der Waals surface area contributed by atoms with Crippen LogP contribution < -0.4 is 10.2 Å². The fraction of sp³-hybridized carbons (Fsp3) is 0.323. The maximum atomic E-state index is 16.1. The zero-order valence-electron chi connectivity index (χ0n) is 23.3. The van der Waals surface area contributed by atoms with Crippen LogP contribution in [-0.4, -0.2) is 53.8 Å². The van der Waals surface area contributed by atoms with Gasteiger partial charge in [-0.1, -0.05) is 29.8 Å². The number of methoxy groups -OCH3 is 1. The Kier molecular flexibility index (Phi) is 6.79. The molecule has 0 radical (unpaired) electrons. The molecule has 1 aliphatic carbocycles. The third-order valence-electron chi connectivity index (χ3n) is 9.34. The molecule has 1 spiro atoms. The van der Waals surface area contributed by atoms with E-state index in [4.69, 9.17) is 16.3 Å². The Balaban J connectivity index is 1.43. The van der Waals surface area contributed by atoms with E-state index in [0.717, 1.165) is 18.9 Å². The monoisotopic (exact) mass is 682 g/mol. The maximum absolute atomic E-state index is 16.1. The molecule has 3 aromatic rings. The number of esters is 1. The molecule has 4 atom stereocenters. The number of hydrogen-bond acceptors (Lipinski definition) is 7. The number of ether oxygens (including phenoxy) is 1. The van der Waals surface area contributed by atoms with Gasteiger partial charge in [0.05, 0.1) is 28.0 Å². The van der Waals surface area contributed by atoms with Crippen LogP contribution in [0.3, 0.4) is 0 Å². The molecule has 3 fully saturated rings. The molecule has 3 aromatic carbocycles. The quantitative estimate of drug-likeness (QED) is 0.203. The van der Waals surface area contributed by atoms with Crippen LogP contribution in [0.25, 0.3) is 0 Å². The van der Waals surface area contributed by atoms with Crippen molar-refractivity contribution in [2.45, 2.75) is 30.3 Å². The highest BCUT2D eigenvalue weighted by atomic mass is 79.9. The second-order valence-electron chi connectivity index (χ2n) is 11.6. The Hall–Kier alpha value is -3.87. The fourth-order valence-electron chi connectivity index (χ4n) is 7.38. The van der Waals surface area contributed by atoms with E-state index in [2.05, 4.69) is 21.2 Å². The van der Waals surface area contributed by atoms with E-state index in [0.29, 0.717) is 22.8 Å². The molecule has 13 heteroatoms. The van der Waals surface area contributed by atoms with Crippen molar-refractivity contribution >= 4 is 62.4 Å². The van der Waals surface area contributed by atoms with E-state index in [1.807, 2.05) is 4.90 Å². The topological polar surface area (TPSA) is 122 Å². The minimum atomic E-state index is -1.43. The summed E-state index contributed by atoms with van der Waals surface area (Å²) in [6.45, 7) is 0.506. The van der Waals surface area contributed by atoms with Crippen LogP contribution >= 0.6 is 27.5 Å². The second kappa shape index (κ2) is 10.4. The number of carbonyl (C=O) groups is 3. The number of nitrogens with one attached hydrogen (secondary N) is 1. The molecule has 0 unspecified atom stereocenters. The molecule has 226 valence electrons. The lowest BCUT2D eigenvalue weighted by Crippen LogP contribution is -2.54. The van der Waals surface area contributed by atoms with Gasteiger partial charge in [0.15, 0.2) is 0 Å². The van der Waals surface area contributed by atoms with Gasteiger partial charge in [-0.15, -0.1) is 0 Å². The van der Waals surface area contributed by atoms with Crippen molar-refractivity contribution in [3.05, 3.63) is 96.7 Å². The average Bonchev–Trinajstić information content (AvgIpc) is 3.63. The van der Waals surface area contributed by atoms with E-state index < -0.39 is 51.7 Å². The molecule has 44 heavy (non-hydrogen) atoms. The van der Waals surface area contributed by atoms with Gasteiger partial charge in [0, 0.05) is 47.4 Å². The normalized spacial score (nSPS) is 25.7. The van der Waals surface area contributed by atoms with Gasteiger partial charge >= 0.3 is 5.97 Å². The molecule has 10 nitrogen and oxygen atoms in total. The number of halogens is 3. The van der Waals surface area contributed by atoms with Crippen molar-refractivity contribution in [3.8, 4) is 0 Å². The molecule has 3 heterocycles. The second-order valence-corrected chi connectivity index (χ2v) is 12.9. The standard InChI is InChI=1S/C31H25BrClFN4O6/c1-44-29(40)16-7-10-22(23(11-16)38(42)43)36-14-24-25(28(36)39)26(18-3-2-4-20(32)27(18)34)31(37(24)13-15-5-6-15)19-9-8-17(33)12-21(19)35-30(31)41/h2-4,7-12,15,24-26H,5-6,13-14H2,1H3,(H,35,41)/t24-,25+,26-,31+/m0/s1. The zero-order valence-corrected chi connectivity index (χ0v) is 25.6. The Morgan fingerprint density at radius 3 is 2.68 bits per heavy atom. The average molecular weight is 684 g/mol. The van der Waals surface area contributed by atoms with Gasteiger partial charge < -0.3 is 15.0 Å². The van der Waals surface area contributed by atoms with Crippen LogP contribution in [-0.2, 0) is 19.9 Å². The number of hydrogen-bond donors (Lipinski definition) is 1. The number of amides is 2. The summed E-state index contributed by atoms with van der Waals surface area (Å²) in [6.07, 6.45) is 1.90. The van der Waals surface area contributed by atoms with Crippen LogP contribution in [0.1, 0.15) is 40.2 Å². The Bertz CT molecular complexity index is 1790. The first-order valence-corrected chi connectivity index (χ1v) is 15.2. The van der Waals surface area contributed by atoms with Crippen molar-refractivity contribution in [3.63, 3.8) is 0 Å². The van der Waals surface area contributed by atoms with Crippen LogP contribution in [0, 0.1) is 27.8 Å². The molecule has 4 aliphatic rings. The van der Waals surface area contributed by atoms with Gasteiger partial charge in [0.2, 0.25) is 11.8 Å². The lowest BCUT2D eigenvalue weighted by molar-refractivity contribution is -0.384. The SMILES string of the molecule is COC(=O)c1ccc(N2C[C@H]3[C@@H](C2=O)[C@H](c2cccc(Br)c2F)[C@]2(C(=O)Nc4cc(Cl)ccc42)N3CC2CC2)c([N+](=O)[O-])c1. The maximum Gasteiger partial charge on any atom is 0.338 e. The summed E-state index contributed by atoms with van der Waals surface area (Å²) in [6, 6.07) is 13.1. The predicted molar refractivity (Wildman–Crippen MR) is 162 cm³/mol. The number of nitro benzene ring substituents is 1. The van der Waals surface area contributed by atoms with Crippen molar-refractivity contribution in [1.29, 1.82) is 0 Å². The Labute approximate surface area is 264 Å². The lowest BCUT2D eigenvalue weighted by atomic mass is 9.71. The van der Waals surface area contributed by atoms with Crippen LogP contribution in [0.5, 0.6) is 0 Å². The molecule has 2 saturated heterocycles. The number of rotatable bonds is 6. The minimum Gasteiger partial charge on any atom is -0.465 e. The first-order valence-electron chi connectivity index (χ1n) is 14.1. The summed E-state index contributed by atoms with van der Waals surface area (Å²) < 4.78 is 21.0. The number of benzene rings is 3. The van der Waals surface area contributed by atoms with Crippen LogP contribution in [0.4, 0.5) is 21.5 Å². The molecule has 0 aromatic heterocycles. The highest BCUT2D eigenvalue weighted by molar-refractivity contribution is 9.10. The molecule has 3 aliphatic heterocycles. The minimum absolute atomic E-state index is 0.0130. The summed E-state index contributed by atoms with van der Waals surface area (Å²) in [7, 11) is 1.17. The molecule has 1 saturated carbocycles. The molecule has 0 bridgehead atoms. The number of carbonyl (C=O) groups excluding carboxylic acids is 3. The van der Waals surface area contributed by atoms with Gasteiger partial charge in [-0.3, -0.25) is 24.6 Å². The van der Waals surface area contributed by atoms with Crippen molar-refractivity contribution in [1.82, 2.24) is 4.90 Å². The van der Waals surface area contributed by atoms with E-state index >= 15 is 4.39 Å². The van der Waals surface area contributed by atoms with E-state index in [9.17, 15) is 24.5 Å². The highest BCUT2D eigenvalue weighted by Gasteiger charge is 2.71. The smallest absolute Gasteiger partial charge is 0.338 e. The first kappa shape index (κ1) is 28.9. The van der Waals surface area contributed by atoms with Crippen molar-refractivity contribution in [2.24, 2.45) is 11.8 Å². The Morgan fingerprint density at radius 2 is 1.98 bits per heavy atom. The molecular weight excluding hydrogens is 659 g/mol. The van der Waals surface area contributed by atoms with Crippen LogP contribution in [0.15, 0.2) is 59.1 Å². The largest absolute Gasteiger partial charge is 0.465 e. The number of nitrogens with zero attached hydrogens (tertiary/aromatic N) is 3. The third-order valence-corrected chi connectivity index (χ3v) is 10.2. The van der Waals surface area contributed by atoms with Gasteiger partial charge in [-0.25, -0.2) is 9.18 Å². The first-order chi connectivity index (χ1) is 21.1. The van der Waals surface area contributed by atoms with Gasteiger partial charge in [-0.2, -0.15) is 0 Å². The summed E-state index contributed by atoms with van der Waals surface area (Å²) in [5, 5.41) is 15.6. The molecule has 1 N–H and O–H groups in total. The number of anilines is 2. The molecule has 2 amide bonds. The Morgan fingerprint density at radius 1 is 1.20 bits per heavy atom. The number of fused-ring (bicyclic) bond motifs is 3. The summed E-state index contributed by atoms with van der Waals surface area (Å²) in [5.74, 6) is -3.80. The van der Waals surface area contributed by atoms with Crippen molar-refractivity contribution in [2.75, 3.05) is 30.4 Å². The summed E-state index contributed by atoms with van der Waals surface area (Å²) in [4.78, 5) is 55.9. The predicted octanol–water partition coefficient (Wildman–Crippen LogP) is 5.62. The van der Waals surface area contributed by atoms with Gasteiger partial charge in [0.1, 0.15) is 17.0 Å². The molecular formula is C31H25BrClFN4O6. The lowest BCUT2D eigenvalue weighted by Gasteiger charge is -2.41. The fourth-order valence-corrected chi connectivity index (χ4v) is 7.93. The van der Waals surface area contributed by atoms with Crippen LogP contribution in [0.2, 0.25) is 5.02 Å². The van der Waals surface area contributed by atoms with E-state index in [1.54, 1.807) is 36.4 Å².